The summed E-state index contributed by atoms with van der Waals surface area (Å²) in [5.74, 6) is 0.196. The zero-order valence-electron chi connectivity index (χ0n) is 7.24. The molecule has 0 saturated heterocycles. The van der Waals surface area contributed by atoms with Crippen LogP contribution >= 0.6 is 11.3 Å². The number of imidazole rings is 1. The molecule has 0 atom stereocenters. The third kappa shape index (κ3) is 1.55. The molecule has 0 aromatic carbocycles. The molecule has 3 N–H and O–H groups in total. The maximum atomic E-state index is 7.16. The van der Waals surface area contributed by atoms with Crippen LogP contribution in [0.3, 0.4) is 0 Å². The SMILES string of the molecule is Cc1cn2cc(CC(=N)N)sc2n1. The Morgan fingerprint density at radius 2 is 2.46 bits per heavy atom. The number of thiazole rings is 1. The zero-order valence-corrected chi connectivity index (χ0v) is 8.06. The molecule has 68 valence electrons. The first kappa shape index (κ1) is 8.25. The van der Waals surface area contributed by atoms with Gasteiger partial charge in [0, 0.05) is 23.7 Å². The first-order chi connectivity index (χ1) is 6.15. The van der Waals surface area contributed by atoms with Gasteiger partial charge in [0.2, 0.25) is 0 Å². The molecule has 0 aliphatic heterocycles. The normalized spacial score (nSPS) is 10.8. The molecule has 5 heteroatoms. The molecule has 0 saturated carbocycles. The van der Waals surface area contributed by atoms with E-state index in [0.29, 0.717) is 6.42 Å². The lowest BCUT2D eigenvalue weighted by Crippen LogP contribution is -2.11. The molecule has 0 radical (unpaired) electrons. The smallest absolute Gasteiger partial charge is 0.194 e. The minimum Gasteiger partial charge on any atom is -0.387 e. The number of fused-ring (bicyclic) bond motifs is 1. The summed E-state index contributed by atoms with van der Waals surface area (Å²) in [6.07, 6.45) is 4.46. The molecular weight excluding hydrogens is 184 g/mol. The van der Waals surface area contributed by atoms with Gasteiger partial charge in [-0.1, -0.05) is 0 Å². The van der Waals surface area contributed by atoms with Gasteiger partial charge in [0.1, 0.15) is 0 Å². The standard InChI is InChI=1S/C8H10N4S/c1-5-3-12-4-6(2-7(9)10)13-8(12)11-5/h3-4H,2H2,1H3,(H3,9,10). The average Bonchev–Trinajstić information content (AvgIpc) is 2.41. The lowest BCUT2D eigenvalue weighted by atomic mass is 10.4. The summed E-state index contributed by atoms with van der Waals surface area (Å²) in [5, 5.41) is 7.16. The van der Waals surface area contributed by atoms with Gasteiger partial charge in [-0.2, -0.15) is 0 Å². The molecule has 4 nitrogen and oxygen atoms in total. The van der Waals surface area contributed by atoms with Gasteiger partial charge in [0.25, 0.3) is 0 Å². The number of nitrogens with zero attached hydrogens (tertiary/aromatic N) is 2. The van der Waals surface area contributed by atoms with E-state index in [1.165, 1.54) is 0 Å². The largest absolute Gasteiger partial charge is 0.387 e. The lowest BCUT2D eigenvalue weighted by Gasteiger charge is -1.90. The number of aromatic nitrogens is 2. The molecule has 0 unspecified atom stereocenters. The van der Waals surface area contributed by atoms with E-state index in [4.69, 9.17) is 11.1 Å². The van der Waals surface area contributed by atoms with Crippen molar-refractivity contribution in [3.8, 4) is 0 Å². The monoisotopic (exact) mass is 194 g/mol. The van der Waals surface area contributed by atoms with Crippen LogP contribution in [0.4, 0.5) is 0 Å². The van der Waals surface area contributed by atoms with Crippen molar-refractivity contribution in [1.82, 2.24) is 9.38 Å². The highest BCUT2D eigenvalue weighted by molar-refractivity contribution is 7.17. The maximum Gasteiger partial charge on any atom is 0.194 e. The predicted molar refractivity (Wildman–Crippen MR) is 53.4 cm³/mol. The minimum absolute atomic E-state index is 0.196. The van der Waals surface area contributed by atoms with Gasteiger partial charge in [-0.05, 0) is 6.92 Å². The lowest BCUT2D eigenvalue weighted by molar-refractivity contribution is 1.18. The second-order valence-corrected chi connectivity index (χ2v) is 4.07. The molecule has 2 aromatic heterocycles. The number of amidine groups is 1. The summed E-state index contributed by atoms with van der Waals surface area (Å²) >= 11 is 1.58. The fourth-order valence-electron chi connectivity index (χ4n) is 1.23. The molecule has 0 amide bonds. The maximum absolute atomic E-state index is 7.16. The second-order valence-electron chi connectivity index (χ2n) is 2.97. The second kappa shape index (κ2) is 2.85. The van der Waals surface area contributed by atoms with Crippen LogP contribution in [0.25, 0.3) is 4.96 Å². The van der Waals surface area contributed by atoms with Crippen LogP contribution in [-0.2, 0) is 6.42 Å². The highest BCUT2D eigenvalue weighted by Gasteiger charge is 2.04. The zero-order chi connectivity index (χ0) is 9.42. The Balaban J connectivity index is 2.39. The van der Waals surface area contributed by atoms with E-state index >= 15 is 0 Å². The fraction of sp³-hybridized carbons (Fsp3) is 0.250. The summed E-state index contributed by atoms with van der Waals surface area (Å²) in [4.78, 5) is 6.36. The summed E-state index contributed by atoms with van der Waals surface area (Å²) in [6.45, 7) is 1.96. The van der Waals surface area contributed by atoms with Crippen LogP contribution in [0.15, 0.2) is 12.4 Å². The summed E-state index contributed by atoms with van der Waals surface area (Å²) in [6, 6.07) is 0. The van der Waals surface area contributed by atoms with E-state index < -0.39 is 0 Å². The Morgan fingerprint density at radius 1 is 1.69 bits per heavy atom. The molecule has 0 fully saturated rings. The van der Waals surface area contributed by atoms with Crippen molar-refractivity contribution in [3.63, 3.8) is 0 Å². The highest BCUT2D eigenvalue weighted by atomic mass is 32.1. The molecule has 0 spiro atoms. The topological polar surface area (TPSA) is 67.2 Å². The molecule has 2 rings (SSSR count). The number of aryl methyl sites for hydroxylation is 1. The van der Waals surface area contributed by atoms with E-state index in [0.717, 1.165) is 15.5 Å². The number of nitrogens with two attached hydrogens (primary N) is 1. The quantitative estimate of drug-likeness (QED) is 0.557. The van der Waals surface area contributed by atoms with Crippen molar-refractivity contribution >= 4 is 22.1 Å². The van der Waals surface area contributed by atoms with Crippen molar-refractivity contribution in [2.24, 2.45) is 5.73 Å². The van der Waals surface area contributed by atoms with E-state index in [1.54, 1.807) is 11.3 Å². The Labute approximate surface area is 79.5 Å². The van der Waals surface area contributed by atoms with Gasteiger partial charge >= 0.3 is 0 Å². The summed E-state index contributed by atoms with van der Waals surface area (Å²) in [7, 11) is 0. The number of hydrogen-bond donors (Lipinski definition) is 2. The summed E-state index contributed by atoms with van der Waals surface area (Å²) < 4.78 is 1.97. The minimum atomic E-state index is 0.196. The number of rotatable bonds is 2. The van der Waals surface area contributed by atoms with Gasteiger partial charge in [0.15, 0.2) is 4.96 Å². The van der Waals surface area contributed by atoms with Crippen molar-refractivity contribution in [2.45, 2.75) is 13.3 Å². The predicted octanol–water partition coefficient (Wildman–Crippen LogP) is 1.18. The highest BCUT2D eigenvalue weighted by Crippen LogP contribution is 2.17. The average molecular weight is 194 g/mol. The molecule has 13 heavy (non-hydrogen) atoms. The van der Waals surface area contributed by atoms with Crippen molar-refractivity contribution in [1.29, 1.82) is 5.41 Å². The van der Waals surface area contributed by atoms with Crippen molar-refractivity contribution < 1.29 is 0 Å². The van der Waals surface area contributed by atoms with Gasteiger partial charge in [-0.3, -0.25) is 9.81 Å². The Kier molecular flexibility index (Phi) is 1.81. The third-order valence-electron chi connectivity index (χ3n) is 1.69. The van der Waals surface area contributed by atoms with Crippen LogP contribution in [0.1, 0.15) is 10.6 Å². The molecule has 2 aromatic rings. The van der Waals surface area contributed by atoms with Crippen LogP contribution in [0.2, 0.25) is 0 Å². The van der Waals surface area contributed by atoms with Gasteiger partial charge in [0.05, 0.1) is 11.5 Å². The number of nitrogens with one attached hydrogen (secondary N) is 1. The van der Waals surface area contributed by atoms with E-state index in [9.17, 15) is 0 Å². The Bertz CT molecular complexity index is 422. The van der Waals surface area contributed by atoms with Crippen LogP contribution in [0, 0.1) is 12.3 Å². The fourth-order valence-corrected chi connectivity index (χ4v) is 2.26. The first-order valence-corrected chi connectivity index (χ1v) is 4.74. The Hall–Kier alpha value is -1.36. The van der Waals surface area contributed by atoms with Crippen molar-refractivity contribution in [3.05, 3.63) is 23.0 Å². The van der Waals surface area contributed by atoms with E-state index in [1.807, 2.05) is 23.7 Å². The Morgan fingerprint density at radius 3 is 3.08 bits per heavy atom. The summed E-state index contributed by atoms with van der Waals surface area (Å²) in [5.41, 5.74) is 6.32. The molecule has 0 bridgehead atoms. The van der Waals surface area contributed by atoms with Crippen molar-refractivity contribution in [2.75, 3.05) is 0 Å². The van der Waals surface area contributed by atoms with E-state index in [-0.39, 0.29) is 5.84 Å². The molecular formula is C8H10N4S. The first-order valence-electron chi connectivity index (χ1n) is 3.92. The molecule has 2 heterocycles. The van der Waals surface area contributed by atoms with E-state index in [2.05, 4.69) is 4.98 Å². The van der Waals surface area contributed by atoms with Gasteiger partial charge in [-0.15, -0.1) is 11.3 Å². The third-order valence-corrected chi connectivity index (χ3v) is 2.69. The van der Waals surface area contributed by atoms with Crippen LogP contribution in [-0.4, -0.2) is 15.2 Å². The molecule has 0 aliphatic carbocycles. The van der Waals surface area contributed by atoms with Crippen LogP contribution in [0.5, 0.6) is 0 Å². The molecule has 0 aliphatic rings. The number of hydrogen-bond acceptors (Lipinski definition) is 3. The van der Waals surface area contributed by atoms with Gasteiger partial charge < -0.3 is 5.73 Å². The van der Waals surface area contributed by atoms with Crippen LogP contribution < -0.4 is 5.73 Å². The van der Waals surface area contributed by atoms with Gasteiger partial charge in [-0.25, -0.2) is 4.98 Å².